The van der Waals surface area contributed by atoms with E-state index in [0.717, 1.165) is 14.1 Å². The van der Waals surface area contributed by atoms with Crippen molar-refractivity contribution in [3.05, 3.63) is 22.2 Å². The molecule has 1 aliphatic heterocycles. The number of ether oxygens (including phenoxy) is 2. The van der Waals surface area contributed by atoms with Crippen molar-refractivity contribution in [1.29, 1.82) is 0 Å². The van der Waals surface area contributed by atoms with Gasteiger partial charge in [-0.1, -0.05) is 23.2 Å². The molecular weight excluding hydrogens is 596 g/mol. The maximum Gasteiger partial charge on any atom is 0.456 e. The zero-order chi connectivity index (χ0) is 29.5. The fraction of sp³-hybridized carbons (Fsp3) is 0.444. The van der Waals surface area contributed by atoms with Gasteiger partial charge < -0.3 is 10.1 Å². The molecule has 1 unspecified atom stereocenters. The van der Waals surface area contributed by atoms with Gasteiger partial charge in [-0.05, 0) is 12.1 Å². The van der Waals surface area contributed by atoms with Gasteiger partial charge in [0.1, 0.15) is 0 Å². The van der Waals surface area contributed by atoms with Crippen LogP contribution in [-0.2, 0) is 19.1 Å². The minimum absolute atomic E-state index is 0.459. The fourth-order valence-corrected chi connectivity index (χ4v) is 3.23. The lowest BCUT2D eigenvalue weighted by Gasteiger charge is -2.32. The summed E-state index contributed by atoms with van der Waals surface area (Å²) in [6.07, 6.45) is -21.8. The normalized spacial score (nSPS) is 16.8. The van der Waals surface area contributed by atoms with Crippen LogP contribution in [0.3, 0.4) is 0 Å². The van der Waals surface area contributed by atoms with Crippen LogP contribution in [-0.4, -0.2) is 78.6 Å². The molecule has 1 heterocycles. The number of imide groups is 2. The monoisotopic (exact) mass is 607 g/mol. The van der Waals surface area contributed by atoms with Crippen molar-refractivity contribution in [3.63, 3.8) is 0 Å². The standard InChI is InChI=1S/C18H12Cl2F9N3O6/c1-31-11(34)8(12(35)32(2)15(31)36)10(33)30-5-3-6(19)9(7(20)4-5)37-17(26,27)14(23)38-18(28,29)16(24,25)13(21)22/h3-4,8,13-14H,1-2H3,(H,30,33). The molecule has 0 spiro atoms. The van der Waals surface area contributed by atoms with Gasteiger partial charge in [0.15, 0.2) is 11.7 Å². The van der Waals surface area contributed by atoms with Crippen molar-refractivity contribution < 1.29 is 68.2 Å². The van der Waals surface area contributed by atoms with Gasteiger partial charge in [0.25, 0.3) is 11.8 Å². The second-order valence-corrected chi connectivity index (χ2v) is 8.12. The SMILES string of the molecule is CN1C(=O)C(C(=O)Nc2cc(Cl)c(OC(F)(F)C(F)OC(F)(F)C(F)(F)C(F)F)c(Cl)c2)C(=O)N(C)C1=O. The first-order chi connectivity index (χ1) is 17.2. The quantitative estimate of drug-likeness (QED) is 0.330. The molecule has 1 fully saturated rings. The number of carbonyl (C=O) groups is 4. The van der Waals surface area contributed by atoms with Gasteiger partial charge in [0.05, 0.1) is 10.0 Å². The van der Waals surface area contributed by atoms with Gasteiger partial charge >= 0.3 is 37.0 Å². The fourth-order valence-electron chi connectivity index (χ4n) is 2.66. The number of barbiturate groups is 1. The zero-order valence-electron chi connectivity index (χ0n) is 18.4. The number of urea groups is 1. The maximum absolute atomic E-state index is 13.9. The number of alkyl halides is 9. The lowest BCUT2D eigenvalue weighted by Crippen LogP contribution is -2.59. The Labute approximate surface area is 215 Å². The molecule has 1 aromatic carbocycles. The molecule has 20 heteroatoms. The van der Waals surface area contributed by atoms with E-state index in [1.54, 1.807) is 0 Å². The highest BCUT2D eigenvalue weighted by molar-refractivity contribution is 6.38. The highest BCUT2D eigenvalue weighted by Gasteiger charge is 2.67. The summed E-state index contributed by atoms with van der Waals surface area (Å²) in [5.74, 6) is -13.6. The largest absolute Gasteiger partial charge is 0.456 e. The highest BCUT2D eigenvalue weighted by atomic mass is 35.5. The van der Waals surface area contributed by atoms with E-state index in [0.29, 0.717) is 21.9 Å². The summed E-state index contributed by atoms with van der Waals surface area (Å²) >= 11 is 11.3. The molecule has 9 nitrogen and oxygen atoms in total. The molecule has 0 aliphatic carbocycles. The number of anilines is 1. The second kappa shape index (κ2) is 10.6. The molecule has 1 atom stereocenters. The van der Waals surface area contributed by atoms with E-state index in [1.165, 1.54) is 0 Å². The molecule has 0 bridgehead atoms. The Bertz CT molecular complexity index is 1110. The van der Waals surface area contributed by atoms with Crippen molar-refractivity contribution in [2.45, 2.75) is 30.9 Å². The van der Waals surface area contributed by atoms with Crippen molar-refractivity contribution in [1.82, 2.24) is 9.80 Å². The van der Waals surface area contributed by atoms with Crippen LogP contribution in [0, 0.1) is 5.92 Å². The Balaban J connectivity index is 2.23. The minimum atomic E-state index is -6.41. The molecule has 0 radical (unpaired) electrons. The molecule has 0 aromatic heterocycles. The maximum atomic E-state index is 13.9. The number of benzene rings is 1. The van der Waals surface area contributed by atoms with Crippen LogP contribution in [0.15, 0.2) is 12.1 Å². The summed E-state index contributed by atoms with van der Waals surface area (Å²) in [5.41, 5.74) is -0.486. The van der Waals surface area contributed by atoms with Crippen LogP contribution >= 0.6 is 23.2 Å². The average Bonchev–Trinajstić information content (AvgIpc) is 2.78. The van der Waals surface area contributed by atoms with E-state index in [2.05, 4.69) is 9.47 Å². The summed E-state index contributed by atoms with van der Waals surface area (Å²) in [6.45, 7) is 0. The first-order valence-electron chi connectivity index (χ1n) is 9.47. The van der Waals surface area contributed by atoms with Crippen LogP contribution in [0.4, 0.5) is 50.0 Å². The van der Waals surface area contributed by atoms with E-state index >= 15 is 0 Å². The van der Waals surface area contributed by atoms with Gasteiger partial charge in [-0.3, -0.25) is 28.9 Å². The minimum Gasteiger partial charge on any atom is -0.425 e. The van der Waals surface area contributed by atoms with Crippen LogP contribution in [0.1, 0.15) is 0 Å². The molecule has 5 amide bonds. The van der Waals surface area contributed by atoms with Crippen molar-refractivity contribution >= 4 is 52.6 Å². The van der Waals surface area contributed by atoms with Crippen molar-refractivity contribution in [2.75, 3.05) is 19.4 Å². The third-order valence-corrected chi connectivity index (χ3v) is 5.23. The van der Waals surface area contributed by atoms with E-state index in [9.17, 15) is 58.7 Å². The van der Waals surface area contributed by atoms with Crippen LogP contribution in [0.2, 0.25) is 10.0 Å². The Morgan fingerprint density at radius 1 is 0.947 bits per heavy atom. The summed E-state index contributed by atoms with van der Waals surface area (Å²) < 4.78 is 124. The lowest BCUT2D eigenvalue weighted by atomic mass is 10.0. The number of hydrogen-bond acceptors (Lipinski definition) is 6. The topological polar surface area (TPSA) is 105 Å². The summed E-state index contributed by atoms with van der Waals surface area (Å²) in [6, 6.07) is 0.130. The molecule has 1 aromatic rings. The number of nitrogens with one attached hydrogen (secondary N) is 1. The predicted molar refractivity (Wildman–Crippen MR) is 107 cm³/mol. The summed E-state index contributed by atoms with van der Waals surface area (Å²) in [5, 5.41) is -0.00972. The van der Waals surface area contributed by atoms with Crippen LogP contribution in [0.5, 0.6) is 5.75 Å². The van der Waals surface area contributed by atoms with E-state index in [4.69, 9.17) is 23.2 Å². The number of halogens is 11. The van der Waals surface area contributed by atoms with Crippen LogP contribution < -0.4 is 10.1 Å². The number of rotatable bonds is 9. The molecule has 1 N–H and O–H groups in total. The molecule has 1 saturated heterocycles. The Morgan fingerprint density at radius 3 is 1.82 bits per heavy atom. The van der Waals surface area contributed by atoms with Crippen LogP contribution in [0.25, 0.3) is 0 Å². The van der Waals surface area contributed by atoms with E-state index in [1.807, 2.05) is 5.32 Å². The van der Waals surface area contributed by atoms with Crippen molar-refractivity contribution in [3.8, 4) is 5.75 Å². The molecule has 0 saturated carbocycles. The second-order valence-electron chi connectivity index (χ2n) is 7.31. The smallest absolute Gasteiger partial charge is 0.425 e. The first kappa shape index (κ1) is 31.2. The molecule has 2 rings (SSSR count). The molecule has 212 valence electrons. The third kappa shape index (κ3) is 5.85. The average molecular weight is 608 g/mol. The number of nitrogens with zero attached hydrogens (tertiary/aromatic N) is 2. The molecular formula is C18H12Cl2F9N3O6. The van der Waals surface area contributed by atoms with E-state index < -0.39 is 82.1 Å². The predicted octanol–water partition coefficient (Wildman–Crippen LogP) is 4.38. The molecule has 1 aliphatic rings. The summed E-state index contributed by atoms with van der Waals surface area (Å²) in [4.78, 5) is 49.5. The van der Waals surface area contributed by atoms with E-state index in [-0.39, 0.29) is 0 Å². The Morgan fingerprint density at radius 2 is 1.39 bits per heavy atom. The van der Waals surface area contributed by atoms with Gasteiger partial charge in [-0.15, -0.1) is 0 Å². The summed E-state index contributed by atoms with van der Waals surface area (Å²) in [7, 11) is 1.95. The number of hydrogen-bond donors (Lipinski definition) is 1. The number of amides is 5. The lowest BCUT2D eigenvalue weighted by molar-refractivity contribution is -0.430. The molecule has 38 heavy (non-hydrogen) atoms. The third-order valence-electron chi connectivity index (χ3n) is 4.67. The first-order valence-corrected chi connectivity index (χ1v) is 10.2. The Kier molecular flexibility index (Phi) is 8.75. The highest BCUT2D eigenvalue weighted by Crippen LogP contribution is 2.44. The van der Waals surface area contributed by atoms with Gasteiger partial charge in [0.2, 0.25) is 5.91 Å². The van der Waals surface area contributed by atoms with Crippen molar-refractivity contribution in [2.24, 2.45) is 5.92 Å². The zero-order valence-corrected chi connectivity index (χ0v) is 19.9. The van der Waals surface area contributed by atoms with Gasteiger partial charge in [-0.25, -0.2) is 18.0 Å². The van der Waals surface area contributed by atoms with Gasteiger partial charge in [-0.2, -0.15) is 26.3 Å². The number of carbonyl (C=O) groups excluding carboxylic acids is 4. The Hall–Kier alpha value is -2.99. The van der Waals surface area contributed by atoms with Gasteiger partial charge in [0, 0.05) is 19.8 Å².